The highest BCUT2D eigenvalue weighted by Gasteiger charge is 2.33. The normalized spacial score (nSPS) is 12.8. The van der Waals surface area contributed by atoms with E-state index in [2.05, 4.69) is 5.32 Å². The van der Waals surface area contributed by atoms with Crippen molar-refractivity contribution >= 4 is 11.9 Å². The summed E-state index contributed by atoms with van der Waals surface area (Å²) >= 11 is 0. The Labute approximate surface area is 113 Å². The molecule has 0 aliphatic carbocycles. The zero-order valence-corrected chi connectivity index (χ0v) is 10.7. The molecule has 1 amide bonds. The second kappa shape index (κ2) is 6.40. The molecular formula is C13H14F3NO3. The molecule has 1 unspecified atom stereocenters. The molecule has 0 spiro atoms. The molecule has 1 aromatic rings. The Bertz CT molecular complexity index is 500. The first-order chi connectivity index (χ1) is 9.25. The summed E-state index contributed by atoms with van der Waals surface area (Å²) in [6, 6.07) is 3.62. The molecule has 0 saturated heterocycles. The summed E-state index contributed by atoms with van der Waals surface area (Å²) in [5.41, 5.74) is -1.07. The first-order valence-electron chi connectivity index (χ1n) is 5.93. The summed E-state index contributed by atoms with van der Waals surface area (Å²) in [7, 11) is 0. The van der Waals surface area contributed by atoms with Gasteiger partial charge < -0.3 is 10.4 Å². The average molecular weight is 289 g/mol. The Hall–Kier alpha value is -2.05. The van der Waals surface area contributed by atoms with Crippen LogP contribution in [0, 0.1) is 0 Å². The van der Waals surface area contributed by atoms with Crippen molar-refractivity contribution in [3.63, 3.8) is 0 Å². The summed E-state index contributed by atoms with van der Waals surface area (Å²) in [6.07, 6.45) is -4.91. The predicted octanol–water partition coefficient (Wildman–Crippen LogP) is 2.23. The van der Waals surface area contributed by atoms with Crippen molar-refractivity contribution in [2.75, 3.05) is 0 Å². The Morgan fingerprint density at radius 2 is 1.90 bits per heavy atom. The molecule has 1 aromatic carbocycles. The first-order valence-corrected chi connectivity index (χ1v) is 5.93. The molecule has 1 rings (SSSR count). The Kier molecular flexibility index (Phi) is 5.12. The minimum absolute atomic E-state index is 0.155. The highest BCUT2D eigenvalue weighted by molar-refractivity contribution is 5.85. The van der Waals surface area contributed by atoms with Crippen molar-refractivity contribution in [2.45, 2.75) is 32.0 Å². The second-order valence-electron chi connectivity index (χ2n) is 4.20. The predicted molar refractivity (Wildman–Crippen MR) is 65.0 cm³/mol. The highest BCUT2D eigenvalue weighted by atomic mass is 19.4. The molecule has 2 N–H and O–H groups in total. The average Bonchev–Trinajstić information content (AvgIpc) is 2.35. The number of amides is 1. The number of carbonyl (C=O) groups is 2. The van der Waals surface area contributed by atoms with E-state index in [9.17, 15) is 22.8 Å². The van der Waals surface area contributed by atoms with E-state index in [0.29, 0.717) is 0 Å². The van der Waals surface area contributed by atoms with Gasteiger partial charge in [0.25, 0.3) is 0 Å². The van der Waals surface area contributed by atoms with Crippen molar-refractivity contribution in [2.24, 2.45) is 0 Å². The molecule has 0 aliphatic heterocycles. The van der Waals surface area contributed by atoms with E-state index in [1.807, 2.05) is 0 Å². The summed E-state index contributed by atoms with van der Waals surface area (Å²) in [4.78, 5) is 22.4. The number of nitrogens with one attached hydrogen (secondary N) is 1. The number of alkyl halides is 3. The molecule has 0 fully saturated rings. The Morgan fingerprint density at radius 1 is 1.30 bits per heavy atom. The van der Waals surface area contributed by atoms with Gasteiger partial charge in [-0.3, -0.25) is 4.79 Å². The van der Waals surface area contributed by atoms with Gasteiger partial charge in [0.1, 0.15) is 6.04 Å². The smallest absolute Gasteiger partial charge is 0.416 e. The van der Waals surface area contributed by atoms with Crippen LogP contribution in [0.15, 0.2) is 24.3 Å². The standard InChI is InChI=1S/C13H14F3NO3/c1-2-10(12(19)20)17-11(18)7-8-5-3-4-6-9(8)13(14,15)16/h3-6,10H,2,7H2,1H3,(H,17,18)(H,19,20). The van der Waals surface area contributed by atoms with Gasteiger partial charge in [0.15, 0.2) is 0 Å². The van der Waals surface area contributed by atoms with Crippen LogP contribution in [0.25, 0.3) is 0 Å². The number of carboxylic acid groups (broad SMARTS) is 1. The molecule has 4 nitrogen and oxygen atoms in total. The third-order valence-electron chi connectivity index (χ3n) is 2.72. The molecule has 20 heavy (non-hydrogen) atoms. The molecule has 0 aromatic heterocycles. The zero-order valence-electron chi connectivity index (χ0n) is 10.7. The fourth-order valence-corrected chi connectivity index (χ4v) is 1.71. The highest BCUT2D eigenvalue weighted by Crippen LogP contribution is 2.31. The van der Waals surface area contributed by atoms with E-state index in [0.717, 1.165) is 6.07 Å². The molecule has 110 valence electrons. The van der Waals surface area contributed by atoms with Crippen LogP contribution in [0.3, 0.4) is 0 Å². The van der Waals surface area contributed by atoms with Gasteiger partial charge in [0.2, 0.25) is 5.91 Å². The van der Waals surface area contributed by atoms with E-state index in [4.69, 9.17) is 5.11 Å². The topological polar surface area (TPSA) is 66.4 Å². The fourth-order valence-electron chi connectivity index (χ4n) is 1.71. The van der Waals surface area contributed by atoms with Crippen molar-refractivity contribution in [1.29, 1.82) is 0 Å². The van der Waals surface area contributed by atoms with Crippen molar-refractivity contribution in [1.82, 2.24) is 5.32 Å². The van der Waals surface area contributed by atoms with Gasteiger partial charge in [-0.2, -0.15) is 13.2 Å². The monoisotopic (exact) mass is 289 g/mol. The number of carbonyl (C=O) groups excluding carboxylic acids is 1. The maximum Gasteiger partial charge on any atom is 0.416 e. The number of carboxylic acids is 1. The summed E-state index contributed by atoms with van der Waals surface area (Å²) in [5, 5.41) is 11.0. The minimum atomic E-state index is -4.55. The van der Waals surface area contributed by atoms with Gasteiger partial charge in [-0.25, -0.2) is 4.79 Å². The number of rotatable bonds is 5. The van der Waals surface area contributed by atoms with Crippen molar-refractivity contribution in [3.8, 4) is 0 Å². The molecule has 0 saturated carbocycles. The van der Waals surface area contributed by atoms with Crippen molar-refractivity contribution < 1.29 is 27.9 Å². The lowest BCUT2D eigenvalue weighted by Gasteiger charge is -2.15. The van der Waals surface area contributed by atoms with Crippen molar-refractivity contribution in [3.05, 3.63) is 35.4 Å². The molecular weight excluding hydrogens is 275 g/mol. The quantitative estimate of drug-likeness (QED) is 0.873. The molecule has 0 radical (unpaired) electrons. The first kappa shape index (κ1) is 16.0. The van der Waals surface area contributed by atoms with Crippen LogP contribution in [0.4, 0.5) is 13.2 Å². The van der Waals surface area contributed by atoms with E-state index < -0.39 is 36.1 Å². The van der Waals surface area contributed by atoms with Crippen LogP contribution in [0.5, 0.6) is 0 Å². The van der Waals surface area contributed by atoms with Gasteiger partial charge in [-0.1, -0.05) is 25.1 Å². The van der Waals surface area contributed by atoms with Gasteiger partial charge >= 0.3 is 12.1 Å². The largest absolute Gasteiger partial charge is 0.480 e. The van der Waals surface area contributed by atoms with Gasteiger partial charge in [0.05, 0.1) is 12.0 Å². The van der Waals surface area contributed by atoms with E-state index >= 15 is 0 Å². The van der Waals surface area contributed by atoms with Crippen LogP contribution < -0.4 is 5.32 Å². The molecule has 7 heteroatoms. The number of hydrogen-bond acceptors (Lipinski definition) is 2. The lowest BCUT2D eigenvalue weighted by molar-refractivity contribution is -0.142. The maximum absolute atomic E-state index is 12.7. The number of aliphatic carboxylic acids is 1. The summed E-state index contributed by atoms with van der Waals surface area (Å²) in [6.45, 7) is 1.56. The van der Waals surface area contributed by atoms with Crippen LogP contribution in [0.2, 0.25) is 0 Å². The van der Waals surface area contributed by atoms with Crippen LogP contribution in [0.1, 0.15) is 24.5 Å². The SMILES string of the molecule is CCC(NC(=O)Cc1ccccc1C(F)(F)F)C(=O)O. The molecule has 0 bridgehead atoms. The zero-order chi connectivity index (χ0) is 15.3. The minimum Gasteiger partial charge on any atom is -0.480 e. The maximum atomic E-state index is 12.7. The van der Waals surface area contributed by atoms with E-state index in [1.165, 1.54) is 18.2 Å². The second-order valence-corrected chi connectivity index (χ2v) is 4.20. The third kappa shape index (κ3) is 4.25. The Balaban J connectivity index is 2.84. The fraction of sp³-hybridized carbons (Fsp3) is 0.385. The molecule has 1 atom stereocenters. The molecule has 0 aliphatic rings. The van der Waals surface area contributed by atoms with E-state index in [-0.39, 0.29) is 12.0 Å². The third-order valence-corrected chi connectivity index (χ3v) is 2.72. The lowest BCUT2D eigenvalue weighted by Crippen LogP contribution is -2.41. The van der Waals surface area contributed by atoms with E-state index in [1.54, 1.807) is 6.92 Å². The summed E-state index contributed by atoms with van der Waals surface area (Å²) in [5.74, 6) is -1.97. The lowest BCUT2D eigenvalue weighted by atomic mass is 10.0. The van der Waals surface area contributed by atoms with Crippen LogP contribution in [-0.2, 0) is 22.2 Å². The number of hydrogen-bond donors (Lipinski definition) is 2. The number of benzene rings is 1. The summed E-state index contributed by atoms with van der Waals surface area (Å²) < 4.78 is 38.2. The Morgan fingerprint density at radius 3 is 2.40 bits per heavy atom. The van der Waals surface area contributed by atoms with Gasteiger partial charge in [0, 0.05) is 0 Å². The van der Waals surface area contributed by atoms with Crippen LogP contribution >= 0.6 is 0 Å². The van der Waals surface area contributed by atoms with Crippen LogP contribution in [-0.4, -0.2) is 23.0 Å². The molecule has 0 heterocycles. The van der Waals surface area contributed by atoms with Gasteiger partial charge in [-0.05, 0) is 18.1 Å². The number of halogens is 3. The van der Waals surface area contributed by atoms with Gasteiger partial charge in [-0.15, -0.1) is 0 Å².